The third kappa shape index (κ3) is 3.22. The van der Waals surface area contributed by atoms with Crippen LogP contribution in [0.1, 0.15) is 25.7 Å². The summed E-state index contributed by atoms with van der Waals surface area (Å²) in [6, 6.07) is 8.67. The quantitative estimate of drug-likeness (QED) is 0.837. The summed E-state index contributed by atoms with van der Waals surface area (Å²) in [5.41, 5.74) is 0. The van der Waals surface area contributed by atoms with Gasteiger partial charge in [0.05, 0.1) is 11.0 Å². The van der Waals surface area contributed by atoms with E-state index in [4.69, 9.17) is 4.74 Å². The minimum Gasteiger partial charge on any atom is -0.377 e. The maximum atomic E-state index is 12.6. The number of hydrogen-bond donors (Lipinski definition) is 0. The van der Waals surface area contributed by atoms with Crippen LogP contribution in [0.25, 0.3) is 0 Å². The van der Waals surface area contributed by atoms with Crippen molar-refractivity contribution in [2.75, 3.05) is 19.7 Å². The highest BCUT2D eigenvalue weighted by Crippen LogP contribution is 2.30. The van der Waals surface area contributed by atoms with E-state index in [1.54, 1.807) is 28.6 Å². The summed E-state index contributed by atoms with van der Waals surface area (Å²) in [4.78, 5) is 0.378. The van der Waals surface area contributed by atoms with Gasteiger partial charge >= 0.3 is 0 Å². The molecule has 0 amide bonds. The lowest BCUT2D eigenvalue weighted by Crippen LogP contribution is -2.43. The zero-order valence-electron chi connectivity index (χ0n) is 11.6. The van der Waals surface area contributed by atoms with E-state index in [0.29, 0.717) is 18.0 Å². The molecular formula is C15H21NO3S. The fraction of sp³-hybridized carbons (Fsp3) is 0.600. The Labute approximate surface area is 120 Å². The van der Waals surface area contributed by atoms with Crippen LogP contribution in [0.15, 0.2) is 35.2 Å². The molecule has 3 rings (SSSR count). The van der Waals surface area contributed by atoms with Crippen molar-refractivity contribution in [3.63, 3.8) is 0 Å². The average Bonchev–Trinajstić information content (AvgIpc) is 3.31. The van der Waals surface area contributed by atoms with Gasteiger partial charge in [-0.1, -0.05) is 18.2 Å². The molecule has 0 aromatic heterocycles. The van der Waals surface area contributed by atoms with Crippen molar-refractivity contribution >= 4 is 10.0 Å². The minimum absolute atomic E-state index is 0.0582. The summed E-state index contributed by atoms with van der Waals surface area (Å²) in [5.74, 6) is 0.719. The summed E-state index contributed by atoms with van der Waals surface area (Å²) in [6.45, 7) is 1.88. The summed E-state index contributed by atoms with van der Waals surface area (Å²) in [6.07, 6.45) is 4.43. The summed E-state index contributed by atoms with van der Waals surface area (Å²) in [5, 5.41) is 0. The molecule has 1 aromatic carbocycles. The number of ether oxygens (including phenoxy) is 1. The van der Waals surface area contributed by atoms with Crippen LogP contribution in [0.2, 0.25) is 0 Å². The average molecular weight is 295 g/mol. The van der Waals surface area contributed by atoms with Gasteiger partial charge in [-0.2, -0.15) is 4.31 Å². The number of piperidine rings is 1. The largest absolute Gasteiger partial charge is 0.377 e. The highest BCUT2D eigenvalue weighted by atomic mass is 32.2. The molecule has 0 radical (unpaired) electrons. The molecule has 1 atom stereocenters. The molecule has 1 aromatic rings. The van der Waals surface area contributed by atoms with E-state index in [0.717, 1.165) is 25.4 Å². The standard InChI is InChI=1S/C15H21NO3S/c17-20(18,15-6-2-1-3-7-15)16-10-4-5-14(11-16)19-12-13-8-9-13/h1-3,6-7,13-14H,4-5,8-12H2. The van der Waals surface area contributed by atoms with Gasteiger partial charge in [0, 0.05) is 19.7 Å². The minimum atomic E-state index is -3.36. The van der Waals surface area contributed by atoms with Crippen LogP contribution >= 0.6 is 0 Å². The van der Waals surface area contributed by atoms with Gasteiger partial charge in [0.2, 0.25) is 10.0 Å². The van der Waals surface area contributed by atoms with Gasteiger partial charge < -0.3 is 4.74 Å². The topological polar surface area (TPSA) is 46.6 Å². The molecular weight excluding hydrogens is 274 g/mol. The van der Waals surface area contributed by atoms with Crippen molar-refractivity contribution in [3.05, 3.63) is 30.3 Å². The molecule has 20 heavy (non-hydrogen) atoms. The van der Waals surface area contributed by atoms with E-state index >= 15 is 0 Å². The van der Waals surface area contributed by atoms with Crippen LogP contribution < -0.4 is 0 Å². The Morgan fingerprint density at radius 1 is 1.15 bits per heavy atom. The lowest BCUT2D eigenvalue weighted by atomic mass is 10.1. The van der Waals surface area contributed by atoms with Gasteiger partial charge in [-0.05, 0) is 43.7 Å². The first-order chi connectivity index (χ1) is 9.66. The fourth-order valence-corrected chi connectivity index (χ4v) is 4.09. The Kier molecular flexibility index (Phi) is 4.10. The molecule has 0 spiro atoms. The SMILES string of the molecule is O=S(=O)(c1ccccc1)N1CCCC(OCC2CC2)C1. The Hall–Kier alpha value is -0.910. The summed E-state index contributed by atoms with van der Waals surface area (Å²) < 4.78 is 32.5. The molecule has 0 N–H and O–H groups in total. The Morgan fingerprint density at radius 2 is 1.90 bits per heavy atom. The molecule has 1 aliphatic carbocycles. The molecule has 1 saturated carbocycles. The van der Waals surface area contributed by atoms with Crippen LogP contribution in [-0.2, 0) is 14.8 Å². The number of hydrogen-bond acceptors (Lipinski definition) is 3. The number of sulfonamides is 1. The molecule has 4 nitrogen and oxygen atoms in total. The van der Waals surface area contributed by atoms with Crippen LogP contribution in [0.5, 0.6) is 0 Å². The zero-order chi connectivity index (χ0) is 14.0. The first-order valence-corrected chi connectivity index (χ1v) is 8.77. The van der Waals surface area contributed by atoms with Gasteiger partial charge in [0.25, 0.3) is 0 Å². The molecule has 0 bridgehead atoms. The molecule has 5 heteroatoms. The van der Waals surface area contributed by atoms with Gasteiger partial charge in [-0.3, -0.25) is 0 Å². The zero-order valence-corrected chi connectivity index (χ0v) is 12.4. The summed E-state index contributed by atoms with van der Waals surface area (Å²) in [7, 11) is -3.36. The van der Waals surface area contributed by atoms with Crippen molar-refractivity contribution in [1.29, 1.82) is 0 Å². The fourth-order valence-electron chi connectivity index (χ4n) is 2.56. The van der Waals surface area contributed by atoms with Gasteiger partial charge in [0.1, 0.15) is 0 Å². The van der Waals surface area contributed by atoms with Crippen molar-refractivity contribution in [2.24, 2.45) is 5.92 Å². The molecule has 2 aliphatic rings. The van der Waals surface area contributed by atoms with E-state index in [2.05, 4.69) is 0 Å². The third-order valence-corrected chi connectivity index (χ3v) is 5.87. The Balaban J connectivity index is 1.66. The van der Waals surface area contributed by atoms with Crippen LogP contribution in [-0.4, -0.2) is 38.5 Å². The van der Waals surface area contributed by atoms with Crippen molar-refractivity contribution in [3.8, 4) is 0 Å². The number of rotatable bonds is 5. The first kappa shape index (κ1) is 14.0. The monoisotopic (exact) mass is 295 g/mol. The van der Waals surface area contributed by atoms with Crippen LogP contribution in [0, 0.1) is 5.92 Å². The highest BCUT2D eigenvalue weighted by Gasteiger charge is 2.31. The lowest BCUT2D eigenvalue weighted by molar-refractivity contribution is 0.0133. The Morgan fingerprint density at radius 3 is 2.60 bits per heavy atom. The van der Waals surface area contributed by atoms with E-state index in [-0.39, 0.29) is 6.10 Å². The van der Waals surface area contributed by atoms with Crippen molar-refractivity contribution < 1.29 is 13.2 Å². The van der Waals surface area contributed by atoms with E-state index in [9.17, 15) is 8.42 Å². The van der Waals surface area contributed by atoms with E-state index < -0.39 is 10.0 Å². The predicted molar refractivity (Wildman–Crippen MR) is 76.9 cm³/mol. The molecule has 1 aliphatic heterocycles. The Bertz CT molecular complexity index is 539. The molecule has 110 valence electrons. The summed E-state index contributed by atoms with van der Waals surface area (Å²) >= 11 is 0. The normalized spacial score (nSPS) is 24.7. The van der Waals surface area contributed by atoms with Crippen LogP contribution in [0.3, 0.4) is 0 Å². The van der Waals surface area contributed by atoms with Crippen molar-refractivity contribution in [1.82, 2.24) is 4.31 Å². The second kappa shape index (κ2) is 5.84. The molecule has 1 unspecified atom stereocenters. The molecule has 1 saturated heterocycles. The van der Waals surface area contributed by atoms with Gasteiger partial charge in [-0.15, -0.1) is 0 Å². The third-order valence-electron chi connectivity index (χ3n) is 3.99. The second-order valence-electron chi connectivity index (χ2n) is 5.72. The number of benzene rings is 1. The number of nitrogens with zero attached hydrogens (tertiary/aromatic N) is 1. The maximum Gasteiger partial charge on any atom is 0.243 e. The van der Waals surface area contributed by atoms with E-state index in [1.165, 1.54) is 12.8 Å². The van der Waals surface area contributed by atoms with E-state index in [1.807, 2.05) is 6.07 Å². The predicted octanol–water partition coefficient (Wildman–Crippen LogP) is 2.27. The maximum absolute atomic E-state index is 12.6. The van der Waals surface area contributed by atoms with Crippen LogP contribution in [0.4, 0.5) is 0 Å². The first-order valence-electron chi connectivity index (χ1n) is 7.33. The smallest absolute Gasteiger partial charge is 0.243 e. The molecule has 1 heterocycles. The van der Waals surface area contributed by atoms with Gasteiger partial charge in [-0.25, -0.2) is 8.42 Å². The highest BCUT2D eigenvalue weighted by molar-refractivity contribution is 7.89. The lowest BCUT2D eigenvalue weighted by Gasteiger charge is -2.31. The van der Waals surface area contributed by atoms with Gasteiger partial charge in [0.15, 0.2) is 0 Å². The molecule has 2 fully saturated rings. The van der Waals surface area contributed by atoms with Crippen molar-refractivity contribution in [2.45, 2.75) is 36.7 Å². The second-order valence-corrected chi connectivity index (χ2v) is 7.65.